The molecule has 0 aliphatic carbocycles. The molecule has 2 nitrogen and oxygen atoms in total. The van der Waals surface area contributed by atoms with Gasteiger partial charge in [-0.1, -0.05) is 72.8 Å². The largest absolute Gasteiger partial charge is 0.340 e. The molecule has 1 N–H and O–H groups in total. The number of para-hydroxylation sites is 1. The number of aromatic nitrogens is 2. The molecule has 0 unspecified atom stereocenters. The van der Waals surface area contributed by atoms with Crippen molar-refractivity contribution in [3.8, 4) is 0 Å². The van der Waals surface area contributed by atoms with E-state index in [-0.39, 0.29) is 0 Å². The topological polar surface area (TPSA) is 20.2 Å². The fourth-order valence-electron chi connectivity index (χ4n) is 5.65. The molecule has 2 heteroatoms. The third kappa shape index (κ3) is 1.56. The average molecular weight is 380 g/mol. The van der Waals surface area contributed by atoms with Crippen molar-refractivity contribution in [2.75, 3.05) is 0 Å². The van der Waals surface area contributed by atoms with Gasteiger partial charge in [-0.15, -0.1) is 0 Å². The summed E-state index contributed by atoms with van der Waals surface area (Å²) in [5.41, 5.74) is 4.98. The number of nitrogens with one attached hydrogen (secondary N) is 1. The summed E-state index contributed by atoms with van der Waals surface area (Å²) in [6, 6.07) is 33.1. The monoisotopic (exact) mass is 380 g/mol. The summed E-state index contributed by atoms with van der Waals surface area (Å²) in [5.74, 6) is 0. The Balaban J connectivity index is 1.81. The van der Waals surface area contributed by atoms with Crippen LogP contribution < -0.4 is 0 Å². The molecule has 3 heterocycles. The molecule has 3 aromatic heterocycles. The van der Waals surface area contributed by atoms with Crippen molar-refractivity contribution in [3.05, 3.63) is 91.0 Å². The van der Waals surface area contributed by atoms with E-state index in [0.717, 1.165) is 0 Å². The van der Waals surface area contributed by atoms with Crippen molar-refractivity contribution in [1.29, 1.82) is 0 Å². The first kappa shape index (κ1) is 14.9. The van der Waals surface area contributed by atoms with Gasteiger partial charge in [-0.25, -0.2) is 0 Å². The van der Waals surface area contributed by atoms with Gasteiger partial charge in [0.1, 0.15) is 5.65 Å². The molecule has 0 radical (unpaired) electrons. The zero-order valence-electron chi connectivity index (χ0n) is 16.1. The standard InChI is InChI=1S/C28H16N2/c1-3-9-18-16(7-1)13-14-22-25(18)26-21-15-17-8-2-4-10-19(17)24-20-11-5-6-12-23(20)30(27(21)24)28(26)29-22/h1-15,29H. The van der Waals surface area contributed by atoms with E-state index in [1.54, 1.807) is 0 Å². The van der Waals surface area contributed by atoms with Crippen molar-refractivity contribution in [3.63, 3.8) is 0 Å². The van der Waals surface area contributed by atoms with Crippen molar-refractivity contribution in [1.82, 2.24) is 9.38 Å². The first-order valence-electron chi connectivity index (χ1n) is 10.4. The van der Waals surface area contributed by atoms with E-state index in [1.807, 2.05) is 0 Å². The maximum absolute atomic E-state index is 3.77. The van der Waals surface area contributed by atoms with Gasteiger partial charge in [0.25, 0.3) is 0 Å². The molecule has 0 aliphatic heterocycles. The van der Waals surface area contributed by atoms with Crippen molar-refractivity contribution >= 4 is 70.7 Å². The highest BCUT2D eigenvalue weighted by molar-refractivity contribution is 6.36. The Morgan fingerprint density at radius 2 is 1.23 bits per heavy atom. The quantitative estimate of drug-likeness (QED) is 0.279. The lowest BCUT2D eigenvalue weighted by Gasteiger charge is -2.03. The number of H-pyrrole nitrogens is 1. The molecule has 0 bridgehead atoms. The van der Waals surface area contributed by atoms with Crippen LogP contribution in [0.25, 0.3) is 70.7 Å². The minimum Gasteiger partial charge on any atom is -0.340 e. The smallest absolute Gasteiger partial charge is 0.124 e. The summed E-state index contributed by atoms with van der Waals surface area (Å²) < 4.78 is 2.44. The minimum atomic E-state index is 1.19. The van der Waals surface area contributed by atoms with Crippen molar-refractivity contribution in [2.24, 2.45) is 0 Å². The highest BCUT2D eigenvalue weighted by Gasteiger charge is 2.22. The molecule has 0 fully saturated rings. The van der Waals surface area contributed by atoms with Crippen LogP contribution in [0.5, 0.6) is 0 Å². The summed E-state index contributed by atoms with van der Waals surface area (Å²) in [6.45, 7) is 0. The molecule has 0 saturated heterocycles. The van der Waals surface area contributed by atoms with Gasteiger partial charge < -0.3 is 4.98 Å². The molecule has 5 aromatic carbocycles. The van der Waals surface area contributed by atoms with E-state index in [4.69, 9.17) is 0 Å². The molecule has 0 spiro atoms. The predicted octanol–water partition coefficient (Wildman–Crippen LogP) is 7.62. The van der Waals surface area contributed by atoms with Crippen LogP contribution in [0.1, 0.15) is 0 Å². The van der Waals surface area contributed by atoms with Gasteiger partial charge in [-0.3, -0.25) is 4.40 Å². The highest BCUT2D eigenvalue weighted by Crippen LogP contribution is 2.45. The number of fused-ring (bicyclic) bond motifs is 12. The summed E-state index contributed by atoms with van der Waals surface area (Å²) in [4.78, 5) is 3.77. The minimum absolute atomic E-state index is 1.19. The molecular weight excluding hydrogens is 364 g/mol. The summed E-state index contributed by atoms with van der Waals surface area (Å²) in [6.07, 6.45) is 0. The van der Waals surface area contributed by atoms with Gasteiger partial charge in [-0.2, -0.15) is 0 Å². The second kappa shape index (κ2) is 4.92. The van der Waals surface area contributed by atoms with E-state index in [0.29, 0.717) is 0 Å². The zero-order valence-corrected chi connectivity index (χ0v) is 16.1. The number of hydrogen-bond acceptors (Lipinski definition) is 0. The lowest BCUT2D eigenvalue weighted by atomic mass is 9.99. The molecule has 8 aromatic rings. The molecule has 0 amide bonds. The first-order chi connectivity index (χ1) is 14.9. The van der Waals surface area contributed by atoms with Crippen molar-refractivity contribution in [2.45, 2.75) is 0 Å². The molecule has 8 rings (SSSR count). The van der Waals surface area contributed by atoms with Gasteiger partial charge in [0.05, 0.1) is 11.0 Å². The summed E-state index contributed by atoms with van der Waals surface area (Å²) >= 11 is 0. The van der Waals surface area contributed by atoms with Gasteiger partial charge >= 0.3 is 0 Å². The number of nitrogens with zero attached hydrogens (tertiary/aromatic N) is 1. The second-order valence-corrected chi connectivity index (χ2v) is 8.28. The molecule has 0 atom stereocenters. The molecule has 138 valence electrons. The van der Waals surface area contributed by atoms with Crippen LogP contribution in [-0.4, -0.2) is 9.38 Å². The van der Waals surface area contributed by atoms with Crippen LogP contribution in [0, 0.1) is 0 Å². The molecule has 30 heavy (non-hydrogen) atoms. The Morgan fingerprint density at radius 3 is 2.10 bits per heavy atom. The normalized spacial score (nSPS) is 12.7. The first-order valence-corrected chi connectivity index (χ1v) is 10.4. The van der Waals surface area contributed by atoms with E-state index in [2.05, 4.69) is 100 Å². The van der Waals surface area contributed by atoms with Crippen LogP contribution in [0.3, 0.4) is 0 Å². The average Bonchev–Trinajstić information content (AvgIpc) is 3.43. The third-order valence-electron chi connectivity index (χ3n) is 6.82. The Labute approximate surface area is 171 Å². The highest BCUT2D eigenvalue weighted by atomic mass is 15.0. The number of rotatable bonds is 0. The lowest BCUT2D eigenvalue weighted by Crippen LogP contribution is -1.81. The van der Waals surface area contributed by atoms with Crippen LogP contribution >= 0.6 is 0 Å². The van der Waals surface area contributed by atoms with E-state index in [1.165, 1.54) is 70.7 Å². The Morgan fingerprint density at radius 1 is 0.533 bits per heavy atom. The summed E-state index contributed by atoms with van der Waals surface area (Å²) in [5, 5.41) is 11.9. The number of aromatic amines is 1. The van der Waals surface area contributed by atoms with Crippen LogP contribution in [0.15, 0.2) is 91.0 Å². The fraction of sp³-hybridized carbons (Fsp3) is 0. The van der Waals surface area contributed by atoms with Gasteiger partial charge in [0.15, 0.2) is 0 Å². The van der Waals surface area contributed by atoms with E-state index in [9.17, 15) is 0 Å². The number of benzene rings is 5. The second-order valence-electron chi connectivity index (χ2n) is 8.28. The van der Waals surface area contributed by atoms with Crippen molar-refractivity contribution < 1.29 is 0 Å². The Bertz CT molecular complexity index is 1950. The SMILES string of the molecule is c1ccc2c(c1)ccc1[nH]c3c(c4cc5ccccc5c5c6ccccc6n3c45)c12. The molecular formula is C28H16N2. The third-order valence-corrected chi connectivity index (χ3v) is 6.82. The van der Waals surface area contributed by atoms with Gasteiger partial charge in [0, 0.05) is 32.4 Å². The van der Waals surface area contributed by atoms with E-state index >= 15 is 0 Å². The molecule has 0 aliphatic rings. The lowest BCUT2D eigenvalue weighted by molar-refractivity contribution is 1.31. The van der Waals surface area contributed by atoms with Gasteiger partial charge in [0.2, 0.25) is 0 Å². The Hall–Kier alpha value is -4.04. The number of hydrogen-bond donors (Lipinski definition) is 1. The summed E-state index contributed by atoms with van der Waals surface area (Å²) in [7, 11) is 0. The van der Waals surface area contributed by atoms with Crippen LogP contribution in [-0.2, 0) is 0 Å². The Kier molecular flexibility index (Phi) is 2.44. The fourth-order valence-corrected chi connectivity index (χ4v) is 5.65. The van der Waals surface area contributed by atoms with E-state index < -0.39 is 0 Å². The van der Waals surface area contributed by atoms with Crippen LogP contribution in [0.2, 0.25) is 0 Å². The van der Waals surface area contributed by atoms with Gasteiger partial charge in [-0.05, 0) is 39.7 Å². The maximum Gasteiger partial charge on any atom is 0.124 e. The molecule has 0 saturated carbocycles. The zero-order chi connectivity index (χ0) is 19.4. The van der Waals surface area contributed by atoms with Crippen LogP contribution in [0.4, 0.5) is 0 Å². The predicted molar refractivity (Wildman–Crippen MR) is 128 cm³/mol. The maximum atomic E-state index is 3.77.